The highest BCUT2D eigenvalue weighted by Crippen LogP contribution is 2.18. The number of benzene rings is 2. The molecule has 2 N–H and O–H groups in total. The molecule has 0 atom stereocenters. The molecule has 0 saturated heterocycles. The second-order valence-corrected chi connectivity index (χ2v) is 6.17. The van der Waals surface area contributed by atoms with Crippen LogP contribution >= 0.6 is 0 Å². The second-order valence-electron chi connectivity index (χ2n) is 6.17. The molecule has 3 rings (SSSR count). The van der Waals surface area contributed by atoms with Gasteiger partial charge >= 0.3 is 0 Å². The molecule has 1 amide bonds. The lowest BCUT2D eigenvalue weighted by atomic mass is 10.1. The van der Waals surface area contributed by atoms with E-state index in [-0.39, 0.29) is 17.8 Å². The molecule has 1 heterocycles. The van der Waals surface area contributed by atoms with Gasteiger partial charge < -0.3 is 10.1 Å². The summed E-state index contributed by atoms with van der Waals surface area (Å²) < 4.78 is 18.6. The van der Waals surface area contributed by atoms with Crippen molar-refractivity contribution in [2.24, 2.45) is 0 Å². The zero-order valence-electron chi connectivity index (χ0n) is 14.6. The molecular weight excluding hydrogens is 333 g/mol. The van der Waals surface area contributed by atoms with E-state index >= 15 is 0 Å². The Morgan fingerprint density at radius 1 is 1.15 bits per heavy atom. The highest BCUT2D eigenvalue weighted by atomic mass is 19.1. The van der Waals surface area contributed by atoms with Gasteiger partial charge in [-0.15, -0.1) is 0 Å². The van der Waals surface area contributed by atoms with Crippen LogP contribution in [-0.4, -0.2) is 22.2 Å². The summed E-state index contributed by atoms with van der Waals surface area (Å²) >= 11 is 0. The van der Waals surface area contributed by atoms with E-state index < -0.39 is 0 Å². The quantitative estimate of drug-likeness (QED) is 0.705. The number of ether oxygens (including phenoxy) is 1. The van der Waals surface area contributed by atoms with E-state index in [1.54, 1.807) is 18.2 Å². The molecule has 2 aromatic carbocycles. The molecule has 0 bridgehead atoms. The smallest absolute Gasteiger partial charge is 0.269 e. The van der Waals surface area contributed by atoms with Crippen molar-refractivity contribution in [3.05, 3.63) is 71.7 Å². The van der Waals surface area contributed by atoms with Crippen LogP contribution in [0.15, 0.2) is 54.6 Å². The molecule has 5 nitrogen and oxygen atoms in total. The minimum atomic E-state index is -0.313. The fourth-order valence-corrected chi connectivity index (χ4v) is 2.44. The van der Waals surface area contributed by atoms with Crippen LogP contribution in [0.1, 0.15) is 29.9 Å². The molecule has 0 unspecified atom stereocenters. The predicted octanol–water partition coefficient (Wildman–Crippen LogP) is 3.93. The molecule has 0 spiro atoms. The fourth-order valence-electron chi connectivity index (χ4n) is 2.44. The monoisotopic (exact) mass is 353 g/mol. The van der Waals surface area contributed by atoms with E-state index in [9.17, 15) is 9.18 Å². The first kappa shape index (κ1) is 17.7. The first-order chi connectivity index (χ1) is 12.5. The number of aromatic nitrogens is 2. The van der Waals surface area contributed by atoms with Gasteiger partial charge in [-0.1, -0.05) is 12.1 Å². The zero-order valence-corrected chi connectivity index (χ0v) is 14.6. The first-order valence-electron chi connectivity index (χ1n) is 8.36. The lowest BCUT2D eigenvalue weighted by molar-refractivity contribution is 0.0946. The van der Waals surface area contributed by atoms with Crippen molar-refractivity contribution >= 4 is 5.91 Å². The Kier molecular flexibility index (Phi) is 5.31. The third-order valence-electron chi connectivity index (χ3n) is 3.71. The highest BCUT2D eigenvalue weighted by Gasteiger charge is 2.11. The van der Waals surface area contributed by atoms with E-state index in [0.29, 0.717) is 17.9 Å². The third-order valence-corrected chi connectivity index (χ3v) is 3.71. The molecule has 26 heavy (non-hydrogen) atoms. The Bertz CT molecular complexity index is 871. The van der Waals surface area contributed by atoms with Gasteiger partial charge in [-0.25, -0.2) is 4.39 Å². The van der Waals surface area contributed by atoms with Gasteiger partial charge in [0, 0.05) is 12.1 Å². The minimum Gasteiger partial charge on any atom is -0.491 e. The van der Waals surface area contributed by atoms with E-state index in [0.717, 1.165) is 16.9 Å². The number of nitrogens with zero attached hydrogens (tertiary/aromatic N) is 1. The predicted molar refractivity (Wildman–Crippen MR) is 97.4 cm³/mol. The molecule has 0 aliphatic heterocycles. The summed E-state index contributed by atoms with van der Waals surface area (Å²) in [6.45, 7) is 4.34. The van der Waals surface area contributed by atoms with Gasteiger partial charge in [0.25, 0.3) is 5.91 Å². The van der Waals surface area contributed by atoms with Crippen molar-refractivity contribution in [1.29, 1.82) is 0 Å². The van der Waals surface area contributed by atoms with Crippen LogP contribution in [0, 0.1) is 5.82 Å². The maximum atomic E-state index is 13.0. The van der Waals surface area contributed by atoms with Crippen molar-refractivity contribution in [2.75, 3.05) is 0 Å². The Balaban J connectivity index is 1.59. The molecular formula is C20H20FN3O2. The van der Waals surface area contributed by atoms with Crippen LogP contribution in [0.4, 0.5) is 4.39 Å². The van der Waals surface area contributed by atoms with Crippen LogP contribution in [0.5, 0.6) is 5.75 Å². The van der Waals surface area contributed by atoms with E-state index in [1.807, 2.05) is 38.1 Å². The summed E-state index contributed by atoms with van der Waals surface area (Å²) in [5.74, 6) is 0.230. The molecule has 0 radical (unpaired) electrons. The SMILES string of the molecule is CC(C)Oc1ccc(CNC(=O)c2cc(-c3ccc(F)cc3)n[nH]2)cc1. The van der Waals surface area contributed by atoms with Crippen molar-refractivity contribution < 1.29 is 13.9 Å². The van der Waals surface area contributed by atoms with Gasteiger partial charge in [0.15, 0.2) is 0 Å². The Morgan fingerprint density at radius 3 is 2.50 bits per heavy atom. The Morgan fingerprint density at radius 2 is 1.85 bits per heavy atom. The van der Waals surface area contributed by atoms with Gasteiger partial charge in [-0.3, -0.25) is 9.89 Å². The maximum Gasteiger partial charge on any atom is 0.269 e. The molecule has 0 aliphatic carbocycles. The average Bonchev–Trinajstić information content (AvgIpc) is 3.11. The molecule has 3 aromatic rings. The first-order valence-corrected chi connectivity index (χ1v) is 8.36. The van der Waals surface area contributed by atoms with E-state index in [1.165, 1.54) is 12.1 Å². The van der Waals surface area contributed by atoms with Crippen molar-refractivity contribution in [3.63, 3.8) is 0 Å². The number of H-pyrrole nitrogens is 1. The van der Waals surface area contributed by atoms with Crippen LogP contribution < -0.4 is 10.1 Å². The summed E-state index contributed by atoms with van der Waals surface area (Å²) in [5, 5.41) is 9.65. The fraction of sp³-hybridized carbons (Fsp3) is 0.200. The number of nitrogens with one attached hydrogen (secondary N) is 2. The summed E-state index contributed by atoms with van der Waals surface area (Å²) in [5.41, 5.74) is 2.64. The number of carbonyl (C=O) groups excluding carboxylic acids is 1. The molecule has 6 heteroatoms. The van der Waals surface area contributed by atoms with Crippen LogP contribution in [0.25, 0.3) is 11.3 Å². The van der Waals surface area contributed by atoms with Crippen molar-refractivity contribution in [1.82, 2.24) is 15.5 Å². The lowest BCUT2D eigenvalue weighted by Gasteiger charge is -2.10. The molecule has 0 saturated carbocycles. The van der Waals surface area contributed by atoms with Gasteiger partial charge in [0.05, 0.1) is 11.8 Å². The number of amides is 1. The molecule has 1 aromatic heterocycles. The van der Waals surface area contributed by atoms with Crippen LogP contribution in [-0.2, 0) is 6.54 Å². The molecule has 0 fully saturated rings. The van der Waals surface area contributed by atoms with Gasteiger partial charge in [-0.05, 0) is 61.9 Å². The largest absolute Gasteiger partial charge is 0.491 e. The lowest BCUT2D eigenvalue weighted by Crippen LogP contribution is -2.23. The zero-order chi connectivity index (χ0) is 18.5. The maximum absolute atomic E-state index is 13.0. The second kappa shape index (κ2) is 7.82. The third kappa shape index (κ3) is 4.47. The number of hydrogen-bond donors (Lipinski definition) is 2. The topological polar surface area (TPSA) is 67.0 Å². The van der Waals surface area contributed by atoms with Gasteiger partial charge in [0.2, 0.25) is 0 Å². The summed E-state index contributed by atoms with van der Waals surface area (Å²) in [7, 11) is 0. The number of carbonyl (C=O) groups is 1. The summed E-state index contributed by atoms with van der Waals surface area (Å²) in [4.78, 5) is 12.3. The van der Waals surface area contributed by atoms with E-state index in [4.69, 9.17) is 4.74 Å². The highest BCUT2D eigenvalue weighted by molar-refractivity contribution is 5.93. The van der Waals surface area contributed by atoms with Crippen molar-refractivity contribution in [3.8, 4) is 17.0 Å². The summed E-state index contributed by atoms with van der Waals surface area (Å²) in [6.07, 6.45) is 0.122. The Labute approximate surface area is 151 Å². The van der Waals surface area contributed by atoms with Crippen molar-refractivity contribution in [2.45, 2.75) is 26.5 Å². The number of halogens is 1. The number of aromatic amines is 1. The van der Waals surface area contributed by atoms with Crippen LogP contribution in [0.2, 0.25) is 0 Å². The Hall–Kier alpha value is -3.15. The molecule has 0 aliphatic rings. The van der Waals surface area contributed by atoms with Gasteiger partial charge in [-0.2, -0.15) is 5.10 Å². The number of rotatable bonds is 6. The standard InChI is InChI=1S/C20H20FN3O2/c1-13(2)26-17-9-3-14(4-10-17)12-22-20(25)19-11-18(23-24-19)15-5-7-16(21)8-6-15/h3-11,13H,12H2,1-2H3,(H,22,25)(H,23,24). The molecule has 134 valence electrons. The van der Waals surface area contributed by atoms with E-state index in [2.05, 4.69) is 15.5 Å². The van der Waals surface area contributed by atoms with Crippen LogP contribution in [0.3, 0.4) is 0 Å². The number of hydrogen-bond acceptors (Lipinski definition) is 3. The normalized spacial score (nSPS) is 10.8. The summed E-state index contributed by atoms with van der Waals surface area (Å²) in [6, 6.07) is 15.2. The van der Waals surface area contributed by atoms with Gasteiger partial charge in [0.1, 0.15) is 17.3 Å². The minimum absolute atomic E-state index is 0.122. The average molecular weight is 353 g/mol.